The van der Waals surface area contributed by atoms with Gasteiger partial charge in [0.1, 0.15) is 6.04 Å². The lowest BCUT2D eigenvalue weighted by molar-refractivity contribution is -0.134. The maximum Gasteiger partial charge on any atom is 0.249 e. The van der Waals surface area contributed by atoms with Gasteiger partial charge in [-0.3, -0.25) is 4.79 Å². The maximum absolute atomic E-state index is 12.9. The molecule has 1 fully saturated rings. The van der Waals surface area contributed by atoms with E-state index < -0.39 is 0 Å². The number of amides is 1. The standard InChI is InChI=1S/C15H19N3O3S/c1-9(13-5-4-6-22-13)15(19)18-8-11(20-3)7-12(18)14-16-10(2)17-21-14/h4-6,9,11-12H,7-8H2,1-3H3/t9-,11-,12-/m1/s1. The second-order valence-electron chi connectivity index (χ2n) is 5.52. The highest BCUT2D eigenvalue weighted by molar-refractivity contribution is 7.10. The molecule has 0 aliphatic carbocycles. The summed E-state index contributed by atoms with van der Waals surface area (Å²) < 4.78 is 10.7. The van der Waals surface area contributed by atoms with Crippen molar-refractivity contribution in [1.82, 2.24) is 15.0 Å². The number of methoxy groups -OCH3 is 1. The molecule has 0 spiro atoms. The van der Waals surface area contributed by atoms with E-state index in [9.17, 15) is 4.79 Å². The number of carbonyl (C=O) groups is 1. The van der Waals surface area contributed by atoms with Crippen LogP contribution in [0, 0.1) is 6.92 Å². The van der Waals surface area contributed by atoms with Crippen molar-refractivity contribution in [3.05, 3.63) is 34.1 Å². The number of likely N-dealkylation sites (tertiary alicyclic amines) is 1. The molecule has 0 unspecified atom stereocenters. The van der Waals surface area contributed by atoms with E-state index in [1.807, 2.05) is 29.3 Å². The quantitative estimate of drug-likeness (QED) is 0.865. The van der Waals surface area contributed by atoms with Crippen LogP contribution in [0.2, 0.25) is 0 Å². The van der Waals surface area contributed by atoms with Gasteiger partial charge >= 0.3 is 0 Å². The summed E-state index contributed by atoms with van der Waals surface area (Å²) in [6.45, 7) is 4.26. The second-order valence-corrected chi connectivity index (χ2v) is 6.50. The Kier molecular flexibility index (Phi) is 4.26. The number of aryl methyl sites for hydroxylation is 1. The first-order chi connectivity index (χ1) is 10.6. The van der Waals surface area contributed by atoms with Crippen LogP contribution in [0.4, 0.5) is 0 Å². The van der Waals surface area contributed by atoms with Crippen molar-refractivity contribution in [2.24, 2.45) is 0 Å². The van der Waals surface area contributed by atoms with Crippen molar-refractivity contribution in [3.8, 4) is 0 Å². The predicted molar refractivity (Wildman–Crippen MR) is 81.6 cm³/mol. The monoisotopic (exact) mass is 321 g/mol. The first-order valence-corrected chi connectivity index (χ1v) is 8.15. The summed E-state index contributed by atoms with van der Waals surface area (Å²) >= 11 is 1.60. The normalized spacial score (nSPS) is 23.0. The van der Waals surface area contributed by atoms with E-state index in [4.69, 9.17) is 9.26 Å². The number of hydrogen-bond donors (Lipinski definition) is 0. The molecular weight excluding hydrogens is 302 g/mol. The van der Waals surface area contributed by atoms with Gasteiger partial charge in [-0.05, 0) is 25.3 Å². The number of aromatic nitrogens is 2. The molecule has 2 aromatic rings. The zero-order valence-electron chi connectivity index (χ0n) is 12.9. The zero-order chi connectivity index (χ0) is 15.7. The highest BCUT2D eigenvalue weighted by atomic mass is 32.1. The molecule has 0 N–H and O–H groups in total. The molecule has 3 atom stereocenters. The minimum absolute atomic E-state index is 0.00306. The van der Waals surface area contributed by atoms with Crippen molar-refractivity contribution < 1.29 is 14.1 Å². The molecule has 118 valence electrons. The number of thiophene rings is 1. The first-order valence-electron chi connectivity index (χ1n) is 7.27. The van der Waals surface area contributed by atoms with Gasteiger partial charge in [-0.2, -0.15) is 4.98 Å². The Morgan fingerprint density at radius 1 is 1.59 bits per heavy atom. The molecule has 1 aliphatic heterocycles. The SMILES string of the molecule is CO[C@@H]1C[C@H](c2nc(C)no2)N(C(=O)[C@H](C)c2cccs2)C1. The average Bonchev–Trinajstić information content (AvgIpc) is 3.25. The maximum atomic E-state index is 12.9. The lowest BCUT2D eigenvalue weighted by Crippen LogP contribution is -2.35. The molecule has 0 bridgehead atoms. The molecule has 7 heteroatoms. The molecule has 6 nitrogen and oxygen atoms in total. The fourth-order valence-electron chi connectivity index (χ4n) is 2.80. The minimum atomic E-state index is -0.207. The Labute approximate surface area is 133 Å². The van der Waals surface area contributed by atoms with Gasteiger partial charge in [0.15, 0.2) is 5.82 Å². The van der Waals surface area contributed by atoms with Crippen LogP contribution in [0.1, 0.15) is 41.9 Å². The molecule has 22 heavy (non-hydrogen) atoms. The molecule has 1 aliphatic rings. The van der Waals surface area contributed by atoms with E-state index in [0.29, 0.717) is 24.7 Å². The van der Waals surface area contributed by atoms with Crippen molar-refractivity contribution in [2.45, 2.75) is 38.3 Å². The van der Waals surface area contributed by atoms with Gasteiger partial charge in [-0.25, -0.2) is 0 Å². The van der Waals surface area contributed by atoms with Crippen LogP contribution in [0.15, 0.2) is 22.0 Å². The van der Waals surface area contributed by atoms with Crippen molar-refractivity contribution in [2.75, 3.05) is 13.7 Å². The fourth-order valence-corrected chi connectivity index (χ4v) is 3.58. The average molecular weight is 321 g/mol. The summed E-state index contributed by atoms with van der Waals surface area (Å²) in [5.41, 5.74) is 0. The summed E-state index contributed by atoms with van der Waals surface area (Å²) in [6, 6.07) is 3.74. The summed E-state index contributed by atoms with van der Waals surface area (Å²) in [4.78, 5) is 20.0. The number of carbonyl (C=O) groups excluding carboxylic acids is 1. The molecule has 3 heterocycles. The second kappa shape index (κ2) is 6.18. The first kappa shape index (κ1) is 15.2. The lowest BCUT2D eigenvalue weighted by atomic mass is 10.1. The van der Waals surface area contributed by atoms with Crippen LogP contribution in [0.25, 0.3) is 0 Å². The zero-order valence-corrected chi connectivity index (χ0v) is 13.7. The molecule has 0 radical (unpaired) electrons. The van der Waals surface area contributed by atoms with E-state index in [-0.39, 0.29) is 24.0 Å². The van der Waals surface area contributed by atoms with Crippen LogP contribution in [-0.2, 0) is 9.53 Å². The smallest absolute Gasteiger partial charge is 0.249 e. The summed E-state index contributed by atoms with van der Waals surface area (Å²) in [5.74, 6) is 0.961. The number of ether oxygens (including phenoxy) is 1. The van der Waals surface area contributed by atoms with Crippen molar-refractivity contribution in [1.29, 1.82) is 0 Å². The molecule has 1 saturated heterocycles. The van der Waals surface area contributed by atoms with Crippen LogP contribution in [0.3, 0.4) is 0 Å². The Morgan fingerprint density at radius 2 is 2.41 bits per heavy atom. The highest BCUT2D eigenvalue weighted by Gasteiger charge is 2.41. The van der Waals surface area contributed by atoms with Gasteiger partial charge in [-0.1, -0.05) is 11.2 Å². The summed E-state index contributed by atoms with van der Waals surface area (Å²) in [5, 5.41) is 5.82. The van der Waals surface area contributed by atoms with E-state index >= 15 is 0 Å². The van der Waals surface area contributed by atoms with Crippen molar-refractivity contribution >= 4 is 17.2 Å². The van der Waals surface area contributed by atoms with Crippen LogP contribution in [0.5, 0.6) is 0 Å². The fraction of sp³-hybridized carbons (Fsp3) is 0.533. The van der Waals surface area contributed by atoms with Gasteiger partial charge in [-0.15, -0.1) is 11.3 Å². The summed E-state index contributed by atoms with van der Waals surface area (Å²) in [7, 11) is 1.66. The highest BCUT2D eigenvalue weighted by Crippen LogP contribution is 2.35. The summed E-state index contributed by atoms with van der Waals surface area (Å²) in [6.07, 6.45) is 0.679. The van der Waals surface area contributed by atoms with Gasteiger partial charge in [0.05, 0.1) is 12.0 Å². The van der Waals surface area contributed by atoms with Crippen LogP contribution < -0.4 is 0 Å². The number of rotatable bonds is 4. The molecule has 2 aromatic heterocycles. The van der Waals surface area contributed by atoms with Gasteiger partial charge < -0.3 is 14.2 Å². The van der Waals surface area contributed by atoms with Crippen LogP contribution in [-0.4, -0.2) is 40.7 Å². The van der Waals surface area contributed by atoms with Gasteiger partial charge in [0, 0.05) is 25.0 Å². The molecule has 0 aromatic carbocycles. The lowest BCUT2D eigenvalue weighted by Gasteiger charge is -2.24. The van der Waals surface area contributed by atoms with Gasteiger partial charge in [0.25, 0.3) is 0 Å². The Morgan fingerprint density at radius 3 is 3.00 bits per heavy atom. The Hall–Kier alpha value is -1.73. The van der Waals surface area contributed by atoms with E-state index in [2.05, 4.69) is 10.1 Å². The van der Waals surface area contributed by atoms with Gasteiger partial charge in [0.2, 0.25) is 11.8 Å². The topological polar surface area (TPSA) is 68.5 Å². The molecular formula is C15H19N3O3S. The number of hydrogen-bond acceptors (Lipinski definition) is 6. The van der Waals surface area contributed by atoms with E-state index in [0.717, 1.165) is 4.88 Å². The van der Waals surface area contributed by atoms with E-state index in [1.165, 1.54) is 0 Å². The third kappa shape index (κ3) is 2.78. The van der Waals surface area contributed by atoms with Crippen LogP contribution >= 0.6 is 11.3 Å². The largest absolute Gasteiger partial charge is 0.380 e. The van der Waals surface area contributed by atoms with E-state index in [1.54, 1.807) is 25.4 Å². The van der Waals surface area contributed by atoms with Crippen molar-refractivity contribution in [3.63, 3.8) is 0 Å². The molecule has 3 rings (SSSR count). The Balaban J connectivity index is 1.84. The third-order valence-electron chi connectivity index (χ3n) is 4.05. The molecule has 0 saturated carbocycles. The number of nitrogens with zero attached hydrogens (tertiary/aromatic N) is 3. The predicted octanol–water partition coefficient (Wildman–Crippen LogP) is 2.53. The third-order valence-corrected chi connectivity index (χ3v) is 5.10. The minimum Gasteiger partial charge on any atom is -0.380 e. The molecule has 1 amide bonds. The Bertz CT molecular complexity index is 640.